The lowest BCUT2D eigenvalue weighted by molar-refractivity contribution is -0.161. The Kier molecular flexibility index (Phi) is 5.94. The molecule has 2 N–H and O–H groups in total. The first-order valence-electron chi connectivity index (χ1n) is 8.93. The molecule has 0 aliphatic carbocycles. The summed E-state index contributed by atoms with van der Waals surface area (Å²) in [5.41, 5.74) is 5.42. The Balaban J connectivity index is 1.84. The van der Waals surface area contributed by atoms with Gasteiger partial charge in [-0.05, 0) is 13.0 Å². The fourth-order valence-corrected chi connectivity index (χ4v) is 3.98. The second-order valence-corrected chi connectivity index (χ2v) is 7.97. The van der Waals surface area contributed by atoms with Crippen LogP contribution in [0.15, 0.2) is 6.07 Å². The Hall–Kier alpha value is -2.47. The molecule has 0 spiro atoms. The zero-order valence-corrected chi connectivity index (χ0v) is 16.8. The van der Waals surface area contributed by atoms with Crippen molar-refractivity contribution in [3.05, 3.63) is 10.9 Å². The van der Waals surface area contributed by atoms with Crippen molar-refractivity contribution in [3.8, 4) is 0 Å². The first-order valence-corrected chi connectivity index (χ1v) is 9.75. The zero-order chi connectivity index (χ0) is 21.3. The number of likely N-dealkylation sites (N-methyl/N-ethyl adjacent to an activating group) is 1. The highest BCUT2D eigenvalue weighted by Gasteiger charge is 2.35. The summed E-state index contributed by atoms with van der Waals surface area (Å²) in [6, 6.07) is 1.94. The number of nitrogens with two attached hydrogens (primary N) is 1. The van der Waals surface area contributed by atoms with Crippen LogP contribution in [0, 0.1) is 6.92 Å². The summed E-state index contributed by atoms with van der Waals surface area (Å²) in [7, 11) is 1.54. The molecule has 3 rings (SSSR count). The Labute approximate surface area is 169 Å². The minimum atomic E-state index is -4.52. The second kappa shape index (κ2) is 8.11. The van der Waals surface area contributed by atoms with Crippen LogP contribution in [-0.2, 0) is 9.59 Å². The van der Waals surface area contributed by atoms with Crippen molar-refractivity contribution >= 4 is 45.1 Å². The molecule has 0 unspecified atom stereocenters. The van der Waals surface area contributed by atoms with Crippen molar-refractivity contribution in [1.82, 2.24) is 14.9 Å². The maximum atomic E-state index is 12.5. The lowest BCUT2D eigenvalue weighted by atomic mass is 10.2. The molecule has 3 heterocycles. The van der Waals surface area contributed by atoms with E-state index < -0.39 is 18.5 Å². The van der Waals surface area contributed by atoms with E-state index in [2.05, 4.69) is 9.97 Å². The van der Waals surface area contributed by atoms with Crippen molar-refractivity contribution < 1.29 is 22.8 Å². The summed E-state index contributed by atoms with van der Waals surface area (Å²) in [4.78, 5) is 38.9. The topological polar surface area (TPSA) is 95.7 Å². The predicted molar refractivity (Wildman–Crippen MR) is 104 cm³/mol. The number of rotatable bonds is 4. The number of nitrogens with zero attached hydrogens (tertiary/aromatic N) is 5. The molecular formula is C17H21F3N6O2S. The highest BCUT2D eigenvalue weighted by Crippen LogP contribution is 2.33. The van der Waals surface area contributed by atoms with Crippen molar-refractivity contribution in [2.75, 3.05) is 49.6 Å². The number of halogens is 3. The summed E-state index contributed by atoms with van der Waals surface area (Å²) in [6.07, 6.45) is -5.97. The lowest BCUT2D eigenvalue weighted by Gasteiger charge is -2.36. The number of aryl methyl sites for hydroxylation is 1. The van der Waals surface area contributed by atoms with Crippen LogP contribution in [0.5, 0.6) is 0 Å². The third kappa shape index (κ3) is 4.75. The summed E-state index contributed by atoms with van der Waals surface area (Å²) in [5, 5.41) is 0.805. The molecule has 1 fully saturated rings. The lowest BCUT2D eigenvalue weighted by Crippen LogP contribution is -2.50. The van der Waals surface area contributed by atoms with E-state index in [1.807, 2.05) is 17.9 Å². The van der Waals surface area contributed by atoms with Crippen molar-refractivity contribution in [1.29, 1.82) is 0 Å². The summed E-state index contributed by atoms with van der Waals surface area (Å²) in [6.45, 7) is 2.74. The number of alkyl halides is 3. The maximum absolute atomic E-state index is 12.5. The summed E-state index contributed by atoms with van der Waals surface area (Å²) < 4.78 is 37.4. The molecule has 0 bridgehead atoms. The van der Waals surface area contributed by atoms with Crippen LogP contribution >= 0.6 is 11.3 Å². The van der Waals surface area contributed by atoms with Gasteiger partial charge in [-0.2, -0.15) is 18.2 Å². The van der Waals surface area contributed by atoms with Gasteiger partial charge >= 0.3 is 6.18 Å². The van der Waals surface area contributed by atoms with Gasteiger partial charge in [0, 0.05) is 38.1 Å². The molecule has 8 nitrogen and oxygen atoms in total. The van der Waals surface area contributed by atoms with Gasteiger partial charge in [-0.3, -0.25) is 14.5 Å². The Morgan fingerprint density at radius 1 is 1.24 bits per heavy atom. The normalized spacial score (nSPS) is 15.1. The molecule has 2 amide bonds. The number of piperazine rings is 1. The second-order valence-electron chi connectivity index (χ2n) is 6.74. The van der Waals surface area contributed by atoms with Crippen LogP contribution in [0.25, 0.3) is 10.2 Å². The number of carbonyl (C=O) groups excluding carboxylic acids is 2. The third-order valence-electron chi connectivity index (χ3n) is 4.62. The minimum absolute atomic E-state index is 0.163. The van der Waals surface area contributed by atoms with Gasteiger partial charge in [-0.25, -0.2) is 4.98 Å². The van der Waals surface area contributed by atoms with E-state index in [0.29, 0.717) is 23.7 Å². The largest absolute Gasteiger partial charge is 0.397 e. The van der Waals surface area contributed by atoms with Gasteiger partial charge in [0.2, 0.25) is 17.8 Å². The van der Waals surface area contributed by atoms with Gasteiger partial charge in [0.15, 0.2) is 0 Å². The van der Waals surface area contributed by atoms with Crippen LogP contribution < -0.4 is 15.5 Å². The molecule has 1 aliphatic heterocycles. The maximum Gasteiger partial charge on any atom is 0.397 e. The third-order valence-corrected chi connectivity index (χ3v) is 5.56. The quantitative estimate of drug-likeness (QED) is 0.790. The molecule has 29 heavy (non-hydrogen) atoms. The monoisotopic (exact) mass is 430 g/mol. The standard InChI is InChI=1S/C17H21F3N6O2S/c1-10-7-11-14(22-16(23-15(11)29-10)24(2)13(28)9-21)26-5-3-25(4-6-26)12(27)8-17(18,19)20/h7H,3-6,8-9,21H2,1-2H3. The molecule has 0 atom stereocenters. The van der Waals surface area contributed by atoms with Gasteiger partial charge in [0.1, 0.15) is 17.1 Å². The number of carbonyl (C=O) groups is 2. The molecule has 1 saturated heterocycles. The molecule has 0 saturated carbocycles. The summed E-state index contributed by atoms with van der Waals surface area (Å²) in [5.74, 6) is -0.467. The van der Waals surface area contributed by atoms with Crippen LogP contribution in [-0.4, -0.2) is 72.6 Å². The number of hydrogen-bond donors (Lipinski definition) is 1. The highest BCUT2D eigenvalue weighted by molar-refractivity contribution is 7.18. The number of amides is 2. The van der Waals surface area contributed by atoms with E-state index in [-0.39, 0.29) is 31.5 Å². The van der Waals surface area contributed by atoms with Crippen LogP contribution in [0.2, 0.25) is 0 Å². The smallest absolute Gasteiger partial charge is 0.352 e. The molecule has 0 radical (unpaired) electrons. The van der Waals surface area contributed by atoms with Gasteiger partial charge in [-0.1, -0.05) is 0 Å². The molecule has 1 aliphatic rings. The van der Waals surface area contributed by atoms with Gasteiger partial charge in [0.05, 0.1) is 11.9 Å². The van der Waals surface area contributed by atoms with Crippen molar-refractivity contribution in [3.63, 3.8) is 0 Å². The Bertz CT molecular complexity index is 924. The number of fused-ring (bicyclic) bond motifs is 1. The van der Waals surface area contributed by atoms with Crippen LogP contribution in [0.3, 0.4) is 0 Å². The van der Waals surface area contributed by atoms with E-state index in [4.69, 9.17) is 5.73 Å². The highest BCUT2D eigenvalue weighted by atomic mass is 32.1. The van der Waals surface area contributed by atoms with E-state index >= 15 is 0 Å². The molecule has 2 aromatic heterocycles. The average molecular weight is 430 g/mol. The minimum Gasteiger partial charge on any atom is -0.352 e. The van der Waals surface area contributed by atoms with E-state index in [1.54, 1.807) is 0 Å². The van der Waals surface area contributed by atoms with Crippen LogP contribution in [0.4, 0.5) is 24.9 Å². The molecule has 12 heteroatoms. The fourth-order valence-electron chi connectivity index (χ4n) is 3.11. The van der Waals surface area contributed by atoms with Crippen molar-refractivity contribution in [2.45, 2.75) is 19.5 Å². The SMILES string of the molecule is Cc1cc2c(N3CCN(C(=O)CC(F)(F)F)CC3)nc(N(C)C(=O)CN)nc2s1. The molecule has 158 valence electrons. The first-order chi connectivity index (χ1) is 13.6. The van der Waals surface area contributed by atoms with Crippen molar-refractivity contribution in [2.24, 2.45) is 5.73 Å². The predicted octanol–water partition coefficient (Wildman–Crippen LogP) is 1.52. The number of thiophene rings is 1. The Morgan fingerprint density at radius 2 is 1.90 bits per heavy atom. The molecular weight excluding hydrogens is 409 g/mol. The number of anilines is 2. The first kappa shape index (κ1) is 21.2. The van der Waals surface area contributed by atoms with Gasteiger partial charge < -0.3 is 15.5 Å². The molecule has 0 aromatic carbocycles. The van der Waals surface area contributed by atoms with Gasteiger partial charge in [0.25, 0.3) is 0 Å². The van der Waals surface area contributed by atoms with E-state index in [0.717, 1.165) is 10.3 Å². The Morgan fingerprint density at radius 3 is 2.48 bits per heavy atom. The fraction of sp³-hybridized carbons (Fsp3) is 0.529. The van der Waals surface area contributed by atoms with E-state index in [9.17, 15) is 22.8 Å². The van der Waals surface area contributed by atoms with Gasteiger partial charge in [-0.15, -0.1) is 11.3 Å². The summed E-state index contributed by atoms with van der Waals surface area (Å²) >= 11 is 1.46. The van der Waals surface area contributed by atoms with E-state index in [1.165, 1.54) is 28.2 Å². The number of hydrogen-bond acceptors (Lipinski definition) is 7. The molecule has 2 aromatic rings. The average Bonchev–Trinajstić information content (AvgIpc) is 3.04. The van der Waals surface area contributed by atoms with Crippen LogP contribution in [0.1, 0.15) is 11.3 Å². The number of aromatic nitrogens is 2. The zero-order valence-electron chi connectivity index (χ0n) is 16.0.